The van der Waals surface area contributed by atoms with E-state index in [1.54, 1.807) is 6.07 Å². The molecule has 94 valence electrons. The fraction of sp³-hybridized carbons (Fsp3) is 0.143. The molecule has 0 saturated carbocycles. The molecule has 0 heterocycles. The highest BCUT2D eigenvalue weighted by atomic mass is 35.5. The van der Waals surface area contributed by atoms with Gasteiger partial charge in [-0.1, -0.05) is 35.3 Å². The topological polar surface area (TPSA) is 38.0 Å². The fourth-order valence-corrected chi connectivity index (χ4v) is 2.16. The second kappa shape index (κ2) is 5.51. The molecule has 0 fully saturated rings. The zero-order valence-electron chi connectivity index (χ0n) is 10.0. The molecule has 3 N–H and O–H groups in total. The predicted molar refractivity (Wildman–Crippen MR) is 79.4 cm³/mol. The maximum Gasteiger partial charge on any atom is 0.0470 e. The van der Waals surface area contributed by atoms with Crippen molar-refractivity contribution in [2.45, 2.75) is 13.5 Å². The lowest BCUT2D eigenvalue weighted by Gasteiger charge is -2.11. The van der Waals surface area contributed by atoms with Crippen molar-refractivity contribution < 1.29 is 0 Å². The van der Waals surface area contributed by atoms with E-state index >= 15 is 0 Å². The predicted octanol–water partition coefficient (Wildman–Crippen LogP) is 4.50. The van der Waals surface area contributed by atoms with Crippen molar-refractivity contribution >= 4 is 34.6 Å². The summed E-state index contributed by atoms with van der Waals surface area (Å²) in [7, 11) is 0. The van der Waals surface area contributed by atoms with Gasteiger partial charge in [-0.25, -0.2) is 0 Å². The zero-order valence-corrected chi connectivity index (χ0v) is 11.5. The molecule has 0 aliphatic carbocycles. The van der Waals surface area contributed by atoms with Crippen LogP contribution >= 0.6 is 23.2 Å². The SMILES string of the molecule is Cc1ccc(N)cc1NCc1ccc(Cl)cc1Cl. The fourth-order valence-electron chi connectivity index (χ4n) is 1.69. The van der Waals surface area contributed by atoms with Gasteiger partial charge in [0.2, 0.25) is 0 Å². The number of hydrogen-bond acceptors (Lipinski definition) is 2. The summed E-state index contributed by atoms with van der Waals surface area (Å²) in [5.74, 6) is 0. The summed E-state index contributed by atoms with van der Waals surface area (Å²) in [5, 5.41) is 4.63. The number of anilines is 2. The number of rotatable bonds is 3. The second-order valence-electron chi connectivity index (χ2n) is 4.16. The van der Waals surface area contributed by atoms with E-state index < -0.39 is 0 Å². The molecule has 0 amide bonds. The van der Waals surface area contributed by atoms with Crippen LogP contribution in [0.2, 0.25) is 10.0 Å². The molecule has 2 rings (SSSR count). The number of aryl methyl sites for hydroxylation is 1. The molecule has 0 aliphatic rings. The van der Waals surface area contributed by atoms with E-state index in [-0.39, 0.29) is 0 Å². The molecule has 18 heavy (non-hydrogen) atoms. The third-order valence-corrected chi connectivity index (χ3v) is 3.33. The molecule has 0 aromatic heterocycles. The van der Waals surface area contributed by atoms with Crippen LogP contribution < -0.4 is 11.1 Å². The van der Waals surface area contributed by atoms with Crippen molar-refractivity contribution in [3.8, 4) is 0 Å². The van der Waals surface area contributed by atoms with Crippen molar-refractivity contribution in [3.05, 3.63) is 57.6 Å². The molecule has 2 aromatic carbocycles. The highest BCUT2D eigenvalue weighted by Crippen LogP contribution is 2.23. The van der Waals surface area contributed by atoms with Gasteiger partial charge in [0.15, 0.2) is 0 Å². The van der Waals surface area contributed by atoms with Gasteiger partial charge >= 0.3 is 0 Å². The first-order valence-corrected chi connectivity index (χ1v) is 6.36. The van der Waals surface area contributed by atoms with E-state index in [1.165, 1.54) is 0 Å². The van der Waals surface area contributed by atoms with Gasteiger partial charge in [-0.05, 0) is 42.3 Å². The minimum Gasteiger partial charge on any atom is -0.399 e. The number of hydrogen-bond donors (Lipinski definition) is 2. The Balaban J connectivity index is 2.13. The molecule has 2 aromatic rings. The van der Waals surface area contributed by atoms with Crippen LogP contribution in [0.3, 0.4) is 0 Å². The number of halogens is 2. The van der Waals surface area contributed by atoms with Crippen molar-refractivity contribution in [1.29, 1.82) is 0 Å². The van der Waals surface area contributed by atoms with Gasteiger partial charge in [0.05, 0.1) is 0 Å². The van der Waals surface area contributed by atoms with E-state index in [2.05, 4.69) is 5.32 Å². The minimum atomic E-state index is 0.639. The maximum atomic E-state index is 6.12. The first kappa shape index (κ1) is 13.1. The molecule has 0 spiro atoms. The van der Waals surface area contributed by atoms with Crippen LogP contribution in [-0.4, -0.2) is 0 Å². The van der Waals surface area contributed by atoms with Gasteiger partial charge in [0.25, 0.3) is 0 Å². The third-order valence-electron chi connectivity index (χ3n) is 2.75. The molecule has 4 heteroatoms. The summed E-state index contributed by atoms with van der Waals surface area (Å²) in [5.41, 5.74) is 9.67. The van der Waals surface area contributed by atoms with Crippen molar-refractivity contribution in [2.24, 2.45) is 0 Å². The number of nitrogens with two attached hydrogens (primary N) is 1. The molecule has 2 nitrogen and oxygen atoms in total. The Hall–Kier alpha value is -1.38. The first-order valence-electron chi connectivity index (χ1n) is 5.60. The van der Waals surface area contributed by atoms with Crippen LogP contribution in [0.1, 0.15) is 11.1 Å². The molecule has 0 radical (unpaired) electrons. The molecule has 0 unspecified atom stereocenters. The molecule has 0 aliphatic heterocycles. The van der Waals surface area contributed by atoms with Gasteiger partial charge < -0.3 is 11.1 Å². The Kier molecular flexibility index (Phi) is 4.00. The molecule has 0 saturated heterocycles. The Bertz CT molecular complexity index is 568. The van der Waals surface area contributed by atoms with Crippen LogP contribution in [-0.2, 0) is 6.54 Å². The molecule has 0 atom stereocenters. The smallest absolute Gasteiger partial charge is 0.0470 e. The van der Waals surface area contributed by atoms with Gasteiger partial charge in [-0.15, -0.1) is 0 Å². The molecular formula is C14H14Cl2N2. The van der Waals surface area contributed by atoms with E-state index in [0.29, 0.717) is 16.6 Å². The molecular weight excluding hydrogens is 267 g/mol. The zero-order chi connectivity index (χ0) is 13.1. The lowest BCUT2D eigenvalue weighted by molar-refractivity contribution is 1.14. The average Bonchev–Trinajstić information content (AvgIpc) is 2.32. The van der Waals surface area contributed by atoms with Crippen LogP contribution in [0, 0.1) is 6.92 Å². The van der Waals surface area contributed by atoms with E-state index in [1.807, 2.05) is 37.3 Å². The van der Waals surface area contributed by atoms with Crippen molar-refractivity contribution in [1.82, 2.24) is 0 Å². The Morgan fingerprint density at radius 1 is 1.11 bits per heavy atom. The van der Waals surface area contributed by atoms with Crippen LogP contribution in [0.5, 0.6) is 0 Å². The number of nitrogen functional groups attached to an aromatic ring is 1. The monoisotopic (exact) mass is 280 g/mol. The van der Waals surface area contributed by atoms with E-state index in [4.69, 9.17) is 28.9 Å². The van der Waals surface area contributed by atoms with Gasteiger partial charge in [-0.2, -0.15) is 0 Å². The lowest BCUT2D eigenvalue weighted by Crippen LogP contribution is -2.02. The third kappa shape index (κ3) is 3.09. The summed E-state index contributed by atoms with van der Waals surface area (Å²) in [6, 6.07) is 11.3. The van der Waals surface area contributed by atoms with Gasteiger partial charge in [-0.3, -0.25) is 0 Å². The average molecular weight is 281 g/mol. The lowest BCUT2D eigenvalue weighted by atomic mass is 10.1. The van der Waals surface area contributed by atoms with E-state index in [9.17, 15) is 0 Å². The summed E-state index contributed by atoms with van der Waals surface area (Å²) < 4.78 is 0. The minimum absolute atomic E-state index is 0.639. The van der Waals surface area contributed by atoms with Crippen molar-refractivity contribution in [3.63, 3.8) is 0 Å². The Morgan fingerprint density at radius 3 is 2.61 bits per heavy atom. The van der Waals surface area contributed by atoms with Crippen molar-refractivity contribution in [2.75, 3.05) is 11.1 Å². The highest BCUT2D eigenvalue weighted by Gasteiger charge is 2.03. The largest absolute Gasteiger partial charge is 0.399 e. The van der Waals surface area contributed by atoms with Gasteiger partial charge in [0, 0.05) is 28.0 Å². The normalized spacial score (nSPS) is 10.4. The molecule has 0 bridgehead atoms. The summed E-state index contributed by atoms with van der Waals surface area (Å²) in [4.78, 5) is 0. The standard InChI is InChI=1S/C14H14Cl2N2/c1-9-2-5-12(17)7-14(9)18-8-10-3-4-11(15)6-13(10)16/h2-7,18H,8,17H2,1H3. The summed E-state index contributed by atoms with van der Waals surface area (Å²) >= 11 is 12.0. The number of benzene rings is 2. The Labute approximate surface area is 117 Å². The second-order valence-corrected chi connectivity index (χ2v) is 5.01. The quantitative estimate of drug-likeness (QED) is 0.813. The summed E-state index contributed by atoms with van der Waals surface area (Å²) in [6.45, 7) is 2.67. The highest BCUT2D eigenvalue weighted by molar-refractivity contribution is 6.35. The van der Waals surface area contributed by atoms with Crippen LogP contribution in [0.25, 0.3) is 0 Å². The van der Waals surface area contributed by atoms with Gasteiger partial charge in [0.1, 0.15) is 0 Å². The van der Waals surface area contributed by atoms with Crippen LogP contribution in [0.15, 0.2) is 36.4 Å². The Morgan fingerprint density at radius 2 is 1.89 bits per heavy atom. The van der Waals surface area contributed by atoms with Crippen LogP contribution in [0.4, 0.5) is 11.4 Å². The maximum absolute atomic E-state index is 6.12. The summed E-state index contributed by atoms with van der Waals surface area (Å²) in [6.07, 6.45) is 0. The van der Waals surface area contributed by atoms with E-state index in [0.717, 1.165) is 22.5 Å². The number of nitrogens with one attached hydrogen (secondary N) is 1. The first-order chi connectivity index (χ1) is 8.56.